The molecule has 4 rings (SSSR count). The summed E-state index contributed by atoms with van der Waals surface area (Å²) in [5.41, 5.74) is 2.00. The molecule has 7 nitrogen and oxygen atoms in total. The molecule has 1 unspecified atom stereocenters. The van der Waals surface area contributed by atoms with Crippen LogP contribution in [0.25, 0.3) is 11.3 Å². The lowest BCUT2D eigenvalue weighted by atomic mass is 9.90. The van der Waals surface area contributed by atoms with Crippen LogP contribution in [0.15, 0.2) is 59.7 Å². The van der Waals surface area contributed by atoms with E-state index in [2.05, 4.69) is 4.98 Å². The lowest BCUT2D eigenvalue weighted by Gasteiger charge is -2.33. The molecular weight excluding hydrogens is 380 g/mol. The highest BCUT2D eigenvalue weighted by atomic mass is 16.5. The lowest BCUT2D eigenvalue weighted by Crippen LogP contribution is -2.41. The van der Waals surface area contributed by atoms with Crippen LogP contribution < -0.4 is 15.2 Å². The number of carbonyl (C=O) groups excluding carboxylic acids is 1. The third kappa shape index (κ3) is 3.96. The molecule has 1 atom stereocenters. The molecule has 0 radical (unpaired) electrons. The third-order valence-electron chi connectivity index (χ3n) is 5.54. The van der Waals surface area contributed by atoms with E-state index >= 15 is 0 Å². The molecular formula is C23H24N4O3. The number of hydrogen-bond donors (Lipinski definition) is 0. The molecule has 0 bridgehead atoms. The zero-order chi connectivity index (χ0) is 21.1. The first-order valence-electron chi connectivity index (χ1n) is 9.98. The number of Topliss-reactive ketones (excluding diaryl/α,β-unsaturated/α-hetero) is 1. The summed E-state index contributed by atoms with van der Waals surface area (Å²) in [6.45, 7) is 1.29. The van der Waals surface area contributed by atoms with Crippen LogP contribution in [-0.2, 0) is 7.05 Å². The number of nitrogens with zero attached hydrogens (tertiary/aromatic N) is 4. The Morgan fingerprint density at radius 2 is 1.87 bits per heavy atom. The van der Waals surface area contributed by atoms with Crippen LogP contribution in [0, 0.1) is 5.92 Å². The van der Waals surface area contributed by atoms with Gasteiger partial charge in [0.2, 0.25) is 5.95 Å². The first-order chi connectivity index (χ1) is 14.6. The molecule has 0 spiro atoms. The van der Waals surface area contributed by atoms with E-state index in [1.165, 1.54) is 6.07 Å². The Kier molecular flexibility index (Phi) is 5.61. The van der Waals surface area contributed by atoms with Crippen molar-refractivity contribution in [2.45, 2.75) is 12.8 Å². The van der Waals surface area contributed by atoms with E-state index in [9.17, 15) is 9.59 Å². The van der Waals surface area contributed by atoms with Crippen LogP contribution in [0.4, 0.5) is 5.95 Å². The molecule has 7 heteroatoms. The Hall–Kier alpha value is -3.48. The van der Waals surface area contributed by atoms with Crippen LogP contribution in [0.3, 0.4) is 0 Å². The summed E-state index contributed by atoms with van der Waals surface area (Å²) in [6.07, 6.45) is 5.04. The number of methoxy groups -OCH3 is 1. The summed E-state index contributed by atoms with van der Waals surface area (Å²) in [5, 5.41) is 0. The van der Waals surface area contributed by atoms with E-state index in [0.29, 0.717) is 23.8 Å². The highest BCUT2D eigenvalue weighted by Crippen LogP contribution is 2.26. The predicted molar refractivity (Wildman–Crippen MR) is 115 cm³/mol. The molecule has 0 saturated carbocycles. The Bertz CT molecular complexity index is 1090. The highest BCUT2D eigenvalue weighted by Gasteiger charge is 2.28. The second kappa shape index (κ2) is 8.49. The molecule has 1 fully saturated rings. The Balaban J connectivity index is 1.60. The number of anilines is 1. The first kappa shape index (κ1) is 19.8. The fraction of sp³-hybridized carbons (Fsp3) is 0.304. The van der Waals surface area contributed by atoms with Gasteiger partial charge in [-0.2, -0.15) is 0 Å². The maximum absolute atomic E-state index is 13.1. The minimum absolute atomic E-state index is 0.109. The number of piperidine rings is 1. The Morgan fingerprint density at radius 3 is 2.57 bits per heavy atom. The third-order valence-corrected chi connectivity index (χ3v) is 5.54. The van der Waals surface area contributed by atoms with Gasteiger partial charge < -0.3 is 9.64 Å². The average molecular weight is 404 g/mol. The number of aromatic nitrogens is 3. The topological polar surface area (TPSA) is 77.3 Å². The van der Waals surface area contributed by atoms with Crippen molar-refractivity contribution in [1.29, 1.82) is 0 Å². The summed E-state index contributed by atoms with van der Waals surface area (Å²) in [5.74, 6) is 1.27. The number of ether oxygens (including phenoxy) is 1. The van der Waals surface area contributed by atoms with Crippen molar-refractivity contribution in [2.24, 2.45) is 13.0 Å². The predicted octanol–water partition coefficient (Wildman–Crippen LogP) is 2.95. The first-order valence-corrected chi connectivity index (χ1v) is 9.98. The maximum Gasteiger partial charge on any atom is 0.255 e. The average Bonchev–Trinajstić information content (AvgIpc) is 2.81. The van der Waals surface area contributed by atoms with Gasteiger partial charge in [-0.3, -0.25) is 19.1 Å². The Morgan fingerprint density at radius 1 is 1.13 bits per heavy atom. The molecule has 0 aliphatic carbocycles. The number of hydrogen-bond acceptors (Lipinski definition) is 6. The monoisotopic (exact) mass is 404 g/mol. The van der Waals surface area contributed by atoms with Gasteiger partial charge in [-0.05, 0) is 49.2 Å². The fourth-order valence-electron chi connectivity index (χ4n) is 3.84. The van der Waals surface area contributed by atoms with Gasteiger partial charge in [-0.15, -0.1) is 0 Å². The number of carbonyl (C=O) groups is 1. The second-order valence-electron chi connectivity index (χ2n) is 7.45. The van der Waals surface area contributed by atoms with E-state index in [1.807, 2.05) is 17.0 Å². The number of benzene rings is 1. The molecule has 1 aliphatic heterocycles. The summed E-state index contributed by atoms with van der Waals surface area (Å²) in [4.78, 5) is 36.4. The van der Waals surface area contributed by atoms with E-state index < -0.39 is 0 Å². The molecule has 1 aliphatic rings. The van der Waals surface area contributed by atoms with Gasteiger partial charge >= 0.3 is 0 Å². The van der Waals surface area contributed by atoms with Crippen LogP contribution in [0.1, 0.15) is 23.2 Å². The van der Waals surface area contributed by atoms with Gasteiger partial charge in [0.25, 0.3) is 5.56 Å². The zero-order valence-corrected chi connectivity index (χ0v) is 17.1. The van der Waals surface area contributed by atoms with Gasteiger partial charge in [-0.1, -0.05) is 0 Å². The van der Waals surface area contributed by atoms with Gasteiger partial charge in [0, 0.05) is 55.6 Å². The maximum atomic E-state index is 13.1. The summed E-state index contributed by atoms with van der Waals surface area (Å²) in [6, 6.07) is 12.4. The van der Waals surface area contributed by atoms with Crippen molar-refractivity contribution in [2.75, 3.05) is 25.1 Å². The minimum Gasteiger partial charge on any atom is -0.497 e. The van der Waals surface area contributed by atoms with Crippen molar-refractivity contribution < 1.29 is 9.53 Å². The van der Waals surface area contributed by atoms with Crippen molar-refractivity contribution >= 4 is 11.7 Å². The molecule has 30 heavy (non-hydrogen) atoms. The molecule has 0 amide bonds. The number of rotatable bonds is 5. The van der Waals surface area contributed by atoms with Crippen molar-refractivity contribution in [3.63, 3.8) is 0 Å². The summed E-state index contributed by atoms with van der Waals surface area (Å²) < 4.78 is 6.72. The Labute approximate surface area is 175 Å². The fourth-order valence-corrected chi connectivity index (χ4v) is 3.84. The summed E-state index contributed by atoms with van der Waals surface area (Å²) in [7, 11) is 3.32. The standard InChI is InChI=1S/C23H24N4O3/c1-26-21(28)14-20(16-9-11-24-12-10-16)25-23(26)27-13-3-4-18(15-27)22(29)17-5-7-19(30-2)8-6-17/h5-12,14,18H,3-4,13,15H2,1-2H3. The van der Waals surface area contributed by atoms with E-state index in [1.54, 1.807) is 55.4 Å². The van der Waals surface area contributed by atoms with E-state index in [-0.39, 0.29) is 17.3 Å². The number of ketones is 1. The van der Waals surface area contributed by atoms with Gasteiger partial charge in [-0.25, -0.2) is 4.98 Å². The van der Waals surface area contributed by atoms with Crippen LogP contribution in [0.5, 0.6) is 5.75 Å². The van der Waals surface area contributed by atoms with Crippen LogP contribution >= 0.6 is 0 Å². The number of pyridine rings is 1. The second-order valence-corrected chi connectivity index (χ2v) is 7.45. The lowest BCUT2D eigenvalue weighted by molar-refractivity contribution is 0.0906. The van der Waals surface area contributed by atoms with Crippen molar-refractivity contribution in [3.05, 3.63) is 70.8 Å². The quantitative estimate of drug-likeness (QED) is 0.609. The highest BCUT2D eigenvalue weighted by molar-refractivity contribution is 5.98. The van der Waals surface area contributed by atoms with Gasteiger partial charge in [0.1, 0.15) is 5.75 Å². The molecule has 3 aromatic rings. The molecule has 1 aromatic carbocycles. The summed E-state index contributed by atoms with van der Waals surface area (Å²) >= 11 is 0. The molecule has 3 heterocycles. The van der Waals surface area contributed by atoms with E-state index in [4.69, 9.17) is 9.72 Å². The molecule has 2 aromatic heterocycles. The molecule has 0 N–H and O–H groups in total. The smallest absolute Gasteiger partial charge is 0.255 e. The van der Waals surface area contributed by atoms with E-state index in [0.717, 1.165) is 30.7 Å². The van der Waals surface area contributed by atoms with Crippen LogP contribution in [-0.4, -0.2) is 40.5 Å². The molecule has 1 saturated heterocycles. The molecule has 154 valence electrons. The van der Waals surface area contributed by atoms with Gasteiger partial charge in [0.15, 0.2) is 5.78 Å². The largest absolute Gasteiger partial charge is 0.497 e. The van der Waals surface area contributed by atoms with Crippen molar-refractivity contribution in [3.8, 4) is 17.0 Å². The van der Waals surface area contributed by atoms with Crippen LogP contribution in [0.2, 0.25) is 0 Å². The minimum atomic E-state index is -0.145. The van der Waals surface area contributed by atoms with Crippen molar-refractivity contribution in [1.82, 2.24) is 14.5 Å². The normalized spacial score (nSPS) is 16.3. The zero-order valence-electron chi connectivity index (χ0n) is 17.1. The SMILES string of the molecule is COc1ccc(C(=O)C2CCCN(c3nc(-c4ccncc4)cc(=O)n3C)C2)cc1. The van der Waals surface area contributed by atoms with Gasteiger partial charge in [0.05, 0.1) is 12.8 Å².